The third kappa shape index (κ3) is 3.93. The maximum atomic E-state index is 6.13. The number of fused-ring (bicyclic) bond motifs is 7. The van der Waals surface area contributed by atoms with Crippen LogP contribution in [0.25, 0.3) is 64.0 Å². The van der Waals surface area contributed by atoms with Crippen LogP contribution in [0.2, 0.25) is 0 Å². The number of rotatable bonds is 4. The molecule has 0 saturated carbocycles. The van der Waals surface area contributed by atoms with E-state index in [0.29, 0.717) is 0 Å². The molecule has 2 aromatic heterocycles. The third-order valence-corrected chi connectivity index (χ3v) is 9.55. The normalized spacial score (nSPS) is 11.7. The molecule has 0 N–H and O–H groups in total. The Kier molecular flexibility index (Phi) is 5.40. The molecule has 7 aromatic carbocycles. The average molecular weight is 568 g/mol. The topological polar surface area (TPSA) is 16.4 Å². The number of benzene rings is 7. The van der Waals surface area contributed by atoms with Crippen molar-refractivity contribution in [3.63, 3.8) is 0 Å². The number of anilines is 3. The Balaban J connectivity index is 1.19. The SMILES string of the molecule is c1ccc(N(c2ccc(-c3cccc4sc5cc6ccccc6cc5c34)cc2)c2ccc3oc4ccccc4c3c2)cc1. The second-order valence-electron chi connectivity index (χ2n) is 11.0. The summed E-state index contributed by atoms with van der Waals surface area (Å²) >= 11 is 1.87. The predicted molar refractivity (Wildman–Crippen MR) is 184 cm³/mol. The van der Waals surface area contributed by atoms with Crippen LogP contribution in [0.5, 0.6) is 0 Å². The van der Waals surface area contributed by atoms with Crippen molar-refractivity contribution in [2.45, 2.75) is 0 Å². The summed E-state index contributed by atoms with van der Waals surface area (Å²) in [5.74, 6) is 0. The van der Waals surface area contributed by atoms with Gasteiger partial charge in [-0.05, 0) is 88.6 Å². The molecule has 0 spiro atoms. The first-order chi connectivity index (χ1) is 21.3. The molecule has 0 amide bonds. The molecule has 9 rings (SSSR count). The van der Waals surface area contributed by atoms with E-state index in [-0.39, 0.29) is 0 Å². The van der Waals surface area contributed by atoms with Gasteiger partial charge in [-0.25, -0.2) is 0 Å². The van der Waals surface area contributed by atoms with Crippen LogP contribution in [0, 0.1) is 0 Å². The monoisotopic (exact) mass is 567 g/mol. The van der Waals surface area contributed by atoms with Crippen LogP contribution in [0.1, 0.15) is 0 Å². The van der Waals surface area contributed by atoms with Crippen LogP contribution >= 0.6 is 11.3 Å². The fourth-order valence-corrected chi connectivity index (χ4v) is 7.58. The van der Waals surface area contributed by atoms with E-state index in [2.05, 4.69) is 144 Å². The summed E-state index contributed by atoms with van der Waals surface area (Å²) < 4.78 is 8.78. The highest BCUT2D eigenvalue weighted by Crippen LogP contribution is 2.43. The van der Waals surface area contributed by atoms with Crippen LogP contribution in [0.15, 0.2) is 156 Å². The summed E-state index contributed by atoms with van der Waals surface area (Å²) in [6.45, 7) is 0. The van der Waals surface area contributed by atoms with Crippen LogP contribution < -0.4 is 4.90 Å². The number of thiophene rings is 1. The first-order valence-corrected chi connectivity index (χ1v) is 15.3. The van der Waals surface area contributed by atoms with Crippen LogP contribution in [0.4, 0.5) is 17.1 Å². The molecule has 3 heteroatoms. The minimum Gasteiger partial charge on any atom is -0.456 e. The first kappa shape index (κ1) is 24.2. The summed E-state index contributed by atoms with van der Waals surface area (Å²) in [7, 11) is 0. The number of hydrogen-bond donors (Lipinski definition) is 0. The highest BCUT2D eigenvalue weighted by atomic mass is 32.1. The van der Waals surface area contributed by atoms with E-state index in [1.807, 2.05) is 23.5 Å². The van der Waals surface area contributed by atoms with Gasteiger partial charge in [0.15, 0.2) is 0 Å². The maximum absolute atomic E-state index is 6.13. The third-order valence-electron chi connectivity index (χ3n) is 8.43. The number of nitrogens with zero attached hydrogens (tertiary/aromatic N) is 1. The van der Waals surface area contributed by atoms with Crippen molar-refractivity contribution in [3.05, 3.63) is 152 Å². The Morgan fingerprint density at radius 2 is 1.14 bits per heavy atom. The molecular weight excluding hydrogens is 543 g/mol. The van der Waals surface area contributed by atoms with E-state index in [4.69, 9.17) is 4.42 Å². The van der Waals surface area contributed by atoms with Crippen molar-refractivity contribution in [1.82, 2.24) is 0 Å². The first-order valence-electron chi connectivity index (χ1n) is 14.5. The lowest BCUT2D eigenvalue weighted by Gasteiger charge is -2.25. The van der Waals surface area contributed by atoms with E-state index in [0.717, 1.165) is 39.0 Å². The highest BCUT2D eigenvalue weighted by Gasteiger charge is 2.17. The zero-order valence-corrected chi connectivity index (χ0v) is 24.0. The van der Waals surface area contributed by atoms with E-state index in [9.17, 15) is 0 Å². The largest absolute Gasteiger partial charge is 0.456 e. The molecular formula is C40H25NOS. The van der Waals surface area contributed by atoms with E-state index < -0.39 is 0 Å². The van der Waals surface area contributed by atoms with Crippen LogP contribution in [0.3, 0.4) is 0 Å². The molecule has 0 aliphatic carbocycles. The van der Waals surface area contributed by atoms with Gasteiger partial charge in [0.25, 0.3) is 0 Å². The lowest BCUT2D eigenvalue weighted by atomic mass is 9.98. The lowest BCUT2D eigenvalue weighted by Crippen LogP contribution is -2.09. The highest BCUT2D eigenvalue weighted by molar-refractivity contribution is 7.26. The van der Waals surface area contributed by atoms with Crippen molar-refractivity contribution in [1.29, 1.82) is 0 Å². The minimum absolute atomic E-state index is 0.900. The Morgan fingerprint density at radius 3 is 2.00 bits per heavy atom. The second-order valence-corrected chi connectivity index (χ2v) is 12.1. The molecule has 0 saturated heterocycles. The molecule has 0 fully saturated rings. The molecule has 0 aliphatic heterocycles. The maximum Gasteiger partial charge on any atom is 0.135 e. The van der Waals surface area contributed by atoms with Crippen LogP contribution in [-0.4, -0.2) is 0 Å². The van der Waals surface area contributed by atoms with E-state index >= 15 is 0 Å². The Hall–Kier alpha value is -5.38. The molecule has 0 unspecified atom stereocenters. The van der Waals surface area contributed by atoms with Crippen molar-refractivity contribution < 1.29 is 4.42 Å². The Morgan fingerprint density at radius 1 is 0.442 bits per heavy atom. The molecule has 202 valence electrons. The van der Waals surface area contributed by atoms with Crippen molar-refractivity contribution in [2.24, 2.45) is 0 Å². The quantitative estimate of drug-likeness (QED) is 0.210. The fraction of sp³-hybridized carbons (Fsp3) is 0. The van der Waals surface area contributed by atoms with Gasteiger partial charge in [-0.2, -0.15) is 0 Å². The van der Waals surface area contributed by atoms with Crippen LogP contribution in [-0.2, 0) is 0 Å². The summed E-state index contributed by atoms with van der Waals surface area (Å²) in [6.07, 6.45) is 0. The van der Waals surface area contributed by atoms with Crippen molar-refractivity contribution in [2.75, 3.05) is 4.90 Å². The number of para-hydroxylation sites is 2. The van der Waals surface area contributed by atoms with Gasteiger partial charge in [-0.3, -0.25) is 0 Å². The van der Waals surface area contributed by atoms with Crippen molar-refractivity contribution >= 4 is 81.3 Å². The molecule has 2 nitrogen and oxygen atoms in total. The summed E-state index contributed by atoms with van der Waals surface area (Å²) in [4.78, 5) is 2.32. The summed E-state index contributed by atoms with van der Waals surface area (Å²) in [5.41, 5.74) is 7.60. The zero-order chi connectivity index (χ0) is 28.3. The average Bonchev–Trinajstić information content (AvgIpc) is 3.62. The Labute approximate surface area is 252 Å². The van der Waals surface area contributed by atoms with Crippen molar-refractivity contribution in [3.8, 4) is 11.1 Å². The predicted octanol–water partition coefficient (Wildman–Crippen LogP) is 12.2. The van der Waals surface area contributed by atoms with Gasteiger partial charge in [-0.15, -0.1) is 11.3 Å². The van der Waals surface area contributed by atoms with Gasteiger partial charge in [0.2, 0.25) is 0 Å². The molecule has 0 atom stereocenters. The van der Waals surface area contributed by atoms with Gasteiger partial charge in [0, 0.05) is 48.0 Å². The Bertz CT molecular complexity index is 2450. The standard InChI is InChI=1S/C40H25NOS/c1-2-11-29(12-3-1)41(31-21-22-37-34(25-31)33-13-6-7-15-36(33)42-37)30-19-17-26(18-20-30)32-14-8-16-38-40(32)35-23-27-9-4-5-10-28(27)24-39(35)43-38/h1-25H. The molecule has 2 heterocycles. The molecule has 0 bridgehead atoms. The summed E-state index contributed by atoms with van der Waals surface area (Å²) in [5, 5.41) is 7.47. The number of furan rings is 1. The second kappa shape index (κ2) is 9.59. The fourth-order valence-electron chi connectivity index (χ4n) is 6.42. The van der Waals surface area contributed by atoms with Gasteiger partial charge in [-0.1, -0.05) is 84.9 Å². The van der Waals surface area contributed by atoms with Gasteiger partial charge >= 0.3 is 0 Å². The zero-order valence-electron chi connectivity index (χ0n) is 23.2. The van der Waals surface area contributed by atoms with E-state index in [1.54, 1.807) is 0 Å². The minimum atomic E-state index is 0.900. The molecule has 0 aliphatic rings. The van der Waals surface area contributed by atoms with Gasteiger partial charge < -0.3 is 9.32 Å². The van der Waals surface area contributed by atoms with Gasteiger partial charge in [0.1, 0.15) is 11.2 Å². The molecule has 43 heavy (non-hydrogen) atoms. The molecule has 9 aromatic rings. The lowest BCUT2D eigenvalue weighted by molar-refractivity contribution is 0.669. The van der Waals surface area contributed by atoms with Gasteiger partial charge in [0.05, 0.1) is 0 Å². The van der Waals surface area contributed by atoms with E-state index in [1.165, 1.54) is 42.1 Å². The summed E-state index contributed by atoms with van der Waals surface area (Å²) in [6, 6.07) is 54.3. The smallest absolute Gasteiger partial charge is 0.135 e. The number of hydrogen-bond acceptors (Lipinski definition) is 3. The molecule has 0 radical (unpaired) electrons.